The van der Waals surface area contributed by atoms with Crippen molar-refractivity contribution in [2.75, 3.05) is 26.8 Å². The number of hydrogen-bond donors (Lipinski definition) is 0. The van der Waals surface area contributed by atoms with E-state index in [2.05, 4.69) is 15.9 Å². The van der Waals surface area contributed by atoms with Gasteiger partial charge in [-0.25, -0.2) is 0 Å². The molecule has 0 spiro atoms. The van der Waals surface area contributed by atoms with Crippen LogP contribution in [0.4, 0.5) is 0 Å². The standard InChI is InChI=1S/C10H12BrNO2S/c1-14-5-4-12-3-2-7-6-8(11)15-9(7)10(12)13/h6H,2-5H2,1H3. The number of fused-ring (bicyclic) bond motifs is 1. The van der Waals surface area contributed by atoms with E-state index in [4.69, 9.17) is 4.74 Å². The van der Waals surface area contributed by atoms with Gasteiger partial charge in [-0.3, -0.25) is 4.79 Å². The highest BCUT2D eigenvalue weighted by molar-refractivity contribution is 9.11. The average molecular weight is 290 g/mol. The predicted octanol–water partition coefficient (Wildman–Crippen LogP) is 2.16. The molecule has 0 bridgehead atoms. The minimum Gasteiger partial charge on any atom is -0.383 e. The Morgan fingerprint density at radius 1 is 1.67 bits per heavy atom. The van der Waals surface area contributed by atoms with Gasteiger partial charge < -0.3 is 9.64 Å². The number of methoxy groups -OCH3 is 1. The molecule has 2 rings (SSSR count). The molecule has 82 valence electrons. The fourth-order valence-corrected chi connectivity index (χ4v) is 3.34. The normalized spacial score (nSPS) is 15.6. The summed E-state index contributed by atoms with van der Waals surface area (Å²) in [5, 5.41) is 0. The van der Waals surface area contributed by atoms with E-state index in [0.29, 0.717) is 13.2 Å². The molecule has 0 aromatic carbocycles. The Morgan fingerprint density at radius 3 is 3.20 bits per heavy atom. The summed E-state index contributed by atoms with van der Waals surface area (Å²) in [5.74, 6) is 0.143. The predicted molar refractivity (Wildman–Crippen MR) is 63.5 cm³/mol. The van der Waals surface area contributed by atoms with Crippen molar-refractivity contribution in [2.24, 2.45) is 0 Å². The van der Waals surface area contributed by atoms with Crippen molar-refractivity contribution >= 4 is 33.2 Å². The number of carbonyl (C=O) groups is 1. The van der Waals surface area contributed by atoms with Gasteiger partial charge >= 0.3 is 0 Å². The number of rotatable bonds is 3. The summed E-state index contributed by atoms with van der Waals surface area (Å²) in [4.78, 5) is 14.7. The lowest BCUT2D eigenvalue weighted by Crippen LogP contribution is -2.38. The van der Waals surface area contributed by atoms with E-state index < -0.39 is 0 Å². The monoisotopic (exact) mass is 289 g/mol. The molecule has 0 saturated heterocycles. The molecule has 1 aliphatic rings. The third kappa shape index (κ3) is 2.24. The van der Waals surface area contributed by atoms with Crippen molar-refractivity contribution in [3.8, 4) is 0 Å². The molecule has 1 aromatic rings. The highest BCUT2D eigenvalue weighted by Crippen LogP contribution is 2.31. The van der Waals surface area contributed by atoms with Gasteiger partial charge in [0.25, 0.3) is 5.91 Å². The van der Waals surface area contributed by atoms with Crippen LogP contribution in [0.2, 0.25) is 0 Å². The fourth-order valence-electron chi connectivity index (χ4n) is 1.68. The lowest BCUT2D eigenvalue weighted by atomic mass is 10.1. The smallest absolute Gasteiger partial charge is 0.264 e. The summed E-state index contributed by atoms with van der Waals surface area (Å²) >= 11 is 4.94. The van der Waals surface area contributed by atoms with Gasteiger partial charge in [0.05, 0.1) is 15.3 Å². The molecule has 3 nitrogen and oxygen atoms in total. The molecule has 0 radical (unpaired) electrons. The van der Waals surface area contributed by atoms with Gasteiger partial charge in [-0.2, -0.15) is 0 Å². The van der Waals surface area contributed by atoms with Crippen molar-refractivity contribution in [1.29, 1.82) is 0 Å². The molecule has 0 fully saturated rings. The number of nitrogens with zero attached hydrogens (tertiary/aromatic N) is 1. The van der Waals surface area contributed by atoms with Crippen LogP contribution in [-0.2, 0) is 11.2 Å². The first-order valence-corrected chi connectivity index (χ1v) is 6.39. The second kappa shape index (κ2) is 4.63. The summed E-state index contributed by atoms with van der Waals surface area (Å²) < 4.78 is 6.02. The summed E-state index contributed by atoms with van der Waals surface area (Å²) in [6.45, 7) is 2.09. The van der Waals surface area contributed by atoms with E-state index in [1.54, 1.807) is 7.11 Å². The van der Waals surface area contributed by atoms with E-state index >= 15 is 0 Å². The second-order valence-electron chi connectivity index (χ2n) is 3.44. The van der Waals surface area contributed by atoms with Gasteiger partial charge in [0, 0.05) is 20.2 Å². The zero-order chi connectivity index (χ0) is 10.8. The van der Waals surface area contributed by atoms with Crippen molar-refractivity contribution in [1.82, 2.24) is 4.90 Å². The Morgan fingerprint density at radius 2 is 2.47 bits per heavy atom. The summed E-state index contributed by atoms with van der Waals surface area (Å²) in [5.41, 5.74) is 1.17. The second-order valence-corrected chi connectivity index (χ2v) is 5.87. The van der Waals surface area contributed by atoms with E-state index in [1.807, 2.05) is 11.0 Å². The van der Waals surface area contributed by atoms with Crippen LogP contribution in [0.5, 0.6) is 0 Å². The first-order valence-electron chi connectivity index (χ1n) is 4.79. The minimum atomic E-state index is 0.143. The van der Waals surface area contributed by atoms with Crippen LogP contribution in [0.25, 0.3) is 0 Å². The average Bonchev–Trinajstić information content (AvgIpc) is 2.59. The molecule has 0 saturated carbocycles. The molecule has 0 unspecified atom stereocenters. The number of halogens is 1. The molecule has 2 heterocycles. The third-order valence-corrected chi connectivity index (χ3v) is 4.15. The Hall–Kier alpha value is -0.390. The first-order chi connectivity index (χ1) is 7.22. The molecule has 0 atom stereocenters. The third-order valence-electron chi connectivity index (χ3n) is 2.48. The molecule has 1 aliphatic heterocycles. The topological polar surface area (TPSA) is 29.5 Å². The molecule has 0 aliphatic carbocycles. The minimum absolute atomic E-state index is 0.143. The summed E-state index contributed by atoms with van der Waals surface area (Å²) in [6, 6.07) is 2.05. The zero-order valence-corrected chi connectivity index (χ0v) is 10.9. The number of ether oxygens (including phenoxy) is 1. The quantitative estimate of drug-likeness (QED) is 0.853. The number of amides is 1. The van der Waals surface area contributed by atoms with Crippen LogP contribution < -0.4 is 0 Å². The highest BCUT2D eigenvalue weighted by Gasteiger charge is 2.26. The molecule has 1 amide bonds. The van der Waals surface area contributed by atoms with Gasteiger partial charge in [-0.05, 0) is 34.0 Å². The van der Waals surface area contributed by atoms with Gasteiger partial charge in [-0.1, -0.05) is 0 Å². The lowest BCUT2D eigenvalue weighted by molar-refractivity contribution is 0.0685. The van der Waals surface area contributed by atoms with Crippen LogP contribution in [0.3, 0.4) is 0 Å². The molecular weight excluding hydrogens is 278 g/mol. The van der Waals surface area contributed by atoms with Crippen molar-refractivity contribution in [2.45, 2.75) is 6.42 Å². The van der Waals surface area contributed by atoms with Crippen LogP contribution in [0.1, 0.15) is 15.2 Å². The fraction of sp³-hybridized carbons (Fsp3) is 0.500. The van der Waals surface area contributed by atoms with Gasteiger partial charge in [0.1, 0.15) is 0 Å². The van der Waals surface area contributed by atoms with E-state index in [-0.39, 0.29) is 5.91 Å². The summed E-state index contributed by atoms with van der Waals surface area (Å²) in [6.07, 6.45) is 0.951. The first kappa shape index (κ1) is 11.1. The van der Waals surface area contributed by atoms with Crippen molar-refractivity contribution < 1.29 is 9.53 Å². The van der Waals surface area contributed by atoms with E-state index in [1.165, 1.54) is 16.9 Å². The van der Waals surface area contributed by atoms with Gasteiger partial charge in [0.15, 0.2) is 0 Å². The van der Waals surface area contributed by atoms with Crippen molar-refractivity contribution in [3.63, 3.8) is 0 Å². The Kier molecular flexibility index (Phi) is 3.43. The van der Waals surface area contributed by atoms with Gasteiger partial charge in [-0.15, -0.1) is 11.3 Å². The molecule has 0 N–H and O–H groups in total. The molecule has 1 aromatic heterocycles. The van der Waals surface area contributed by atoms with Crippen LogP contribution in [0.15, 0.2) is 9.85 Å². The Labute approximate surface area is 101 Å². The number of carbonyl (C=O) groups excluding carboxylic acids is 1. The molecular formula is C10H12BrNO2S. The largest absolute Gasteiger partial charge is 0.383 e. The number of hydrogen-bond acceptors (Lipinski definition) is 3. The van der Waals surface area contributed by atoms with Crippen LogP contribution >= 0.6 is 27.3 Å². The number of thiophene rings is 1. The van der Waals surface area contributed by atoms with Crippen LogP contribution in [-0.4, -0.2) is 37.6 Å². The molecule has 5 heteroatoms. The van der Waals surface area contributed by atoms with Crippen LogP contribution in [0, 0.1) is 0 Å². The lowest BCUT2D eigenvalue weighted by Gasteiger charge is -2.26. The van der Waals surface area contributed by atoms with Gasteiger partial charge in [0.2, 0.25) is 0 Å². The maximum Gasteiger partial charge on any atom is 0.264 e. The Balaban J connectivity index is 2.14. The molecule has 15 heavy (non-hydrogen) atoms. The maximum absolute atomic E-state index is 12.0. The summed E-state index contributed by atoms with van der Waals surface area (Å²) in [7, 11) is 1.65. The maximum atomic E-state index is 12.0. The zero-order valence-electron chi connectivity index (χ0n) is 8.46. The SMILES string of the molecule is COCCN1CCc2cc(Br)sc2C1=O. The van der Waals surface area contributed by atoms with E-state index in [9.17, 15) is 4.79 Å². The van der Waals surface area contributed by atoms with Crippen molar-refractivity contribution in [3.05, 3.63) is 20.3 Å². The highest BCUT2D eigenvalue weighted by atomic mass is 79.9. The van der Waals surface area contributed by atoms with E-state index in [0.717, 1.165) is 21.6 Å². The Bertz CT molecular complexity index is 377.